The fourth-order valence-electron chi connectivity index (χ4n) is 1.12. The number of rotatable bonds is 8. The van der Waals surface area contributed by atoms with Crippen LogP contribution in [0.3, 0.4) is 0 Å². The normalized spacial score (nSPS) is 16.5. The molecule has 0 amide bonds. The molecule has 2 atom stereocenters. The molecule has 0 saturated heterocycles. The molecule has 9 heteroatoms. The van der Waals surface area contributed by atoms with Gasteiger partial charge in [-0.3, -0.25) is 8.88 Å². The first-order valence-electron chi connectivity index (χ1n) is 5.40. The van der Waals surface area contributed by atoms with E-state index in [4.69, 9.17) is 0 Å². The first-order chi connectivity index (χ1) is 8.43. The average molecular weight is 311 g/mol. The highest BCUT2D eigenvalue weighted by Gasteiger charge is 2.16. The molecule has 0 heterocycles. The largest absolute Gasteiger partial charge is 0.790 e. The Labute approximate surface area is 112 Å². The van der Waals surface area contributed by atoms with Gasteiger partial charge in [0.2, 0.25) is 0 Å². The molecule has 0 fully saturated rings. The minimum atomic E-state index is -5.64. The maximum Gasteiger partial charge on any atom is 0.271 e. The molecule has 0 aromatic heterocycles. The Morgan fingerprint density at radius 3 is 2.16 bits per heavy atom. The van der Waals surface area contributed by atoms with E-state index in [2.05, 4.69) is 15.4 Å². The van der Waals surface area contributed by atoms with Crippen molar-refractivity contribution in [3.8, 4) is 0 Å². The van der Waals surface area contributed by atoms with Crippen molar-refractivity contribution >= 4 is 15.6 Å². The number of phosphoric acid groups is 2. The van der Waals surface area contributed by atoms with Crippen molar-refractivity contribution < 1.29 is 32.6 Å². The standard InChI is InChI=1S/C10H20O7P2/c1-8(2)5-6-10(9(3)4)7-16-19(14,15)17-18(11,12)13/h5,10H,3,6-7H2,1-2,4H3,(H,14,15)(H2,11,12,13)/p-3. The van der Waals surface area contributed by atoms with E-state index < -0.39 is 15.6 Å². The second-order valence-electron chi connectivity index (χ2n) is 4.33. The van der Waals surface area contributed by atoms with Gasteiger partial charge >= 0.3 is 0 Å². The molecule has 0 aliphatic carbocycles. The summed E-state index contributed by atoms with van der Waals surface area (Å²) >= 11 is 0. The van der Waals surface area contributed by atoms with E-state index >= 15 is 0 Å². The highest BCUT2D eigenvalue weighted by Crippen LogP contribution is 2.50. The lowest BCUT2D eigenvalue weighted by atomic mass is 9.98. The summed E-state index contributed by atoms with van der Waals surface area (Å²) in [5, 5.41) is 0. The molecular weight excluding hydrogens is 294 g/mol. The molecule has 19 heavy (non-hydrogen) atoms. The van der Waals surface area contributed by atoms with Gasteiger partial charge in [0.05, 0.1) is 14.4 Å². The number of phosphoric ester groups is 1. The molecule has 0 N–H and O–H groups in total. The first-order valence-corrected chi connectivity index (χ1v) is 8.33. The quantitative estimate of drug-likeness (QED) is 0.481. The summed E-state index contributed by atoms with van der Waals surface area (Å²) in [6.07, 6.45) is 2.36. The van der Waals surface area contributed by atoms with Gasteiger partial charge in [-0.2, -0.15) is 0 Å². The minimum Gasteiger partial charge on any atom is -0.790 e. The van der Waals surface area contributed by atoms with Gasteiger partial charge in [-0.15, -0.1) is 0 Å². The molecule has 0 rings (SSSR count). The molecule has 0 aliphatic rings. The van der Waals surface area contributed by atoms with E-state index in [1.54, 1.807) is 6.92 Å². The Morgan fingerprint density at radius 2 is 1.79 bits per heavy atom. The van der Waals surface area contributed by atoms with Crippen molar-refractivity contribution in [2.24, 2.45) is 5.92 Å². The molecule has 0 radical (unpaired) electrons. The van der Waals surface area contributed by atoms with Gasteiger partial charge in [0.15, 0.2) is 0 Å². The third-order valence-corrected chi connectivity index (χ3v) is 4.21. The van der Waals surface area contributed by atoms with Gasteiger partial charge < -0.3 is 23.8 Å². The van der Waals surface area contributed by atoms with Gasteiger partial charge in [-0.1, -0.05) is 23.8 Å². The van der Waals surface area contributed by atoms with Crippen molar-refractivity contribution in [2.45, 2.75) is 27.2 Å². The maximum atomic E-state index is 11.1. The number of hydrogen-bond donors (Lipinski definition) is 0. The van der Waals surface area contributed by atoms with Crippen LogP contribution in [0.5, 0.6) is 0 Å². The van der Waals surface area contributed by atoms with E-state index in [9.17, 15) is 23.8 Å². The molecule has 2 unspecified atom stereocenters. The van der Waals surface area contributed by atoms with Gasteiger partial charge in [-0.05, 0) is 27.2 Å². The molecular formula is C10H17O7P2-3. The minimum absolute atomic E-state index is 0.321. The lowest BCUT2D eigenvalue weighted by Gasteiger charge is -2.35. The van der Waals surface area contributed by atoms with Crippen LogP contribution in [-0.2, 0) is 18.0 Å². The van der Waals surface area contributed by atoms with E-state index in [0.29, 0.717) is 12.0 Å². The predicted octanol–water partition coefficient (Wildman–Crippen LogP) is 0.865. The number of hydrogen-bond acceptors (Lipinski definition) is 7. The smallest absolute Gasteiger partial charge is 0.271 e. The van der Waals surface area contributed by atoms with Crippen LogP contribution in [-0.4, -0.2) is 6.61 Å². The summed E-state index contributed by atoms with van der Waals surface area (Å²) in [7, 11) is -10.8. The van der Waals surface area contributed by atoms with Gasteiger partial charge in [0, 0.05) is 5.92 Å². The highest BCUT2D eigenvalue weighted by molar-refractivity contribution is 7.58. The van der Waals surface area contributed by atoms with Crippen molar-refractivity contribution in [3.05, 3.63) is 23.8 Å². The van der Waals surface area contributed by atoms with Gasteiger partial charge in [0.25, 0.3) is 7.82 Å². The van der Waals surface area contributed by atoms with Crippen molar-refractivity contribution in [3.63, 3.8) is 0 Å². The Balaban J connectivity index is 4.56. The third-order valence-electron chi connectivity index (χ3n) is 2.14. The Bertz CT molecular complexity index is 433. The van der Waals surface area contributed by atoms with Crippen LogP contribution in [0.25, 0.3) is 0 Å². The van der Waals surface area contributed by atoms with E-state index in [-0.39, 0.29) is 12.5 Å². The third kappa shape index (κ3) is 10.2. The van der Waals surface area contributed by atoms with Crippen LogP contribution in [0.15, 0.2) is 23.8 Å². The van der Waals surface area contributed by atoms with Crippen LogP contribution >= 0.6 is 15.6 Å². The van der Waals surface area contributed by atoms with Crippen molar-refractivity contribution in [1.29, 1.82) is 0 Å². The monoisotopic (exact) mass is 311 g/mol. The lowest BCUT2D eigenvalue weighted by molar-refractivity contribution is -0.339. The predicted molar refractivity (Wildman–Crippen MR) is 64.6 cm³/mol. The number of allylic oxidation sites excluding steroid dienone is 2. The molecule has 112 valence electrons. The fraction of sp³-hybridized carbons (Fsp3) is 0.600. The summed E-state index contributed by atoms with van der Waals surface area (Å²) in [4.78, 5) is 31.5. The Hall–Kier alpha value is -0.260. The zero-order valence-electron chi connectivity index (χ0n) is 11.0. The van der Waals surface area contributed by atoms with Crippen LogP contribution < -0.4 is 14.7 Å². The van der Waals surface area contributed by atoms with Crippen LogP contribution in [0.1, 0.15) is 27.2 Å². The Kier molecular flexibility index (Phi) is 7.40. The SMILES string of the molecule is C=C(C)C(CC=C(C)C)COP(=O)([O-])OP(=O)([O-])[O-]. The van der Waals surface area contributed by atoms with E-state index in [1.165, 1.54) is 0 Å². The molecule has 0 saturated carbocycles. The maximum absolute atomic E-state index is 11.1. The summed E-state index contributed by atoms with van der Waals surface area (Å²) in [5.41, 5.74) is 1.71. The van der Waals surface area contributed by atoms with Crippen LogP contribution in [0.2, 0.25) is 0 Å². The highest BCUT2D eigenvalue weighted by atomic mass is 31.3. The zero-order chi connectivity index (χ0) is 15.3. The van der Waals surface area contributed by atoms with Crippen molar-refractivity contribution in [1.82, 2.24) is 0 Å². The van der Waals surface area contributed by atoms with Gasteiger partial charge in [0.1, 0.15) is 0 Å². The van der Waals surface area contributed by atoms with E-state index in [1.807, 2.05) is 19.9 Å². The summed E-state index contributed by atoms with van der Waals surface area (Å²) < 4.78 is 29.0. The summed E-state index contributed by atoms with van der Waals surface area (Å²) in [5.74, 6) is -0.321. The molecule has 7 nitrogen and oxygen atoms in total. The summed E-state index contributed by atoms with van der Waals surface area (Å²) in [6, 6.07) is 0. The van der Waals surface area contributed by atoms with E-state index in [0.717, 1.165) is 5.57 Å². The van der Waals surface area contributed by atoms with Crippen LogP contribution in [0.4, 0.5) is 0 Å². The average Bonchev–Trinajstić information content (AvgIpc) is 2.12. The molecule has 0 bridgehead atoms. The first kappa shape index (κ1) is 18.7. The second-order valence-corrected chi connectivity index (χ2v) is 7.03. The zero-order valence-corrected chi connectivity index (χ0v) is 12.8. The molecule has 0 aliphatic heterocycles. The molecule has 0 aromatic rings. The topological polar surface area (TPSA) is 122 Å². The Morgan fingerprint density at radius 1 is 1.26 bits per heavy atom. The van der Waals surface area contributed by atoms with Crippen molar-refractivity contribution in [2.75, 3.05) is 6.61 Å². The molecule has 0 aromatic carbocycles. The summed E-state index contributed by atoms with van der Waals surface area (Å²) in [6.45, 7) is 8.80. The van der Waals surface area contributed by atoms with Gasteiger partial charge in [-0.25, -0.2) is 0 Å². The molecule has 0 spiro atoms. The fourth-order valence-corrected chi connectivity index (χ4v) is 2.65. The lowest BCUT2D eigenvalue weighted by Crippen LogP contribution is -2.20. The van der Waals surface area contributed by atoms with Crippen LogP contribution in [0, 0.1) is 5.92 Å². The second kappa shape index (κ2) is 7.50.